The van der Waals surface area contributed by atoms with Crippen LogP contribution in [0.5, 0.6) is 0 Å². The van der Waals surface area contributed by atoms with Crippen molar-refractivity contribution in [3.8, 4) is 0 Å². The van der Waals surface area contributed by atoms with Crippen molar-refractivity contribution in [1.29, 1.82) is 0 Å². The van der Waals surface area contributed by atoms with Crippen LogP contribution in [0, 0.1) is 5.82 Å². The van der Waals surface area contributed by atoms with Crippen molar-refractivity contribution in [2.75, 3.05) is 0 Å². The van der Waals surface area contributed by atoms with Crippen molar-refractivity contribution in [1.82, 2.24) is 4.57 Å². The first kappa shape index (κ1) is 9.86. The molecule has 1 aromatic carbocycles. The van der Waals surface area contributed by atoms with Crippen molar-refractivity contribution >= 4 is 10.9 Å². The minimum absolute atomic E-state index is 0.166. The molecule has 0 aliphatic carbocycles. The van der Waals surface area contributed by atoms with Gasteiger partial charge in [-0.05, 0) is 18.2 Å². The van der Waals surface area contributed by atoms with Crippen LogP contribution in [0.4, 0.5) is 4.39 Å². The maximum atomic E-state index is 13.0. The Balaban J connectivity index is 2.95. The summed E-state index contributed by atoms with van der Waals surface area (Å²) in [5.41, 5.74) is 6.45. The van der Waals surface area contributed by atoms with E-state index < -0.39 is 5.82 Å². The third-order valence-corrected chi connectivity index (χ3v) is 2.44. The summed E-state index contributed by atoms with van der Waals surface area (Å²) in [4.78, 5) is 11.8. The highest BCUT2D eigenvalue weighted by molar-refractivity contribution is 5.79. The molecule has 2 aromatic rings. The SMILES string of the molecule is Cn1cc(CN)c(=O)c2cc(F)ccc21. The highest BCUT2D eigenvalue weighted by atomic mass is 19.1. The molecule has 0 fully saturated rings. The van der Waals surface area contributed by atoms with Crippen molar-refractivity contribution in [3.05, 3.63) is 46.0 Å². The number of fused-ring (bicyclic) bond motifs is 1. The van der Waals surface area contributed by atoms with E-state index in [0.29, 0.717) is 16.5 Å². The Kier molecular flexibility index (Phi) is 2.28. The van der Waals surface area contributed by atoms with Crippen LogP contribution in [0.15, 0.2) is 29.2 Å². The fourth-order valence-corrected chi connectivity index (χ4v) is 1.68. The van der Waals surface area contributed by atoms with Crippen LogP contribution in [-0.2, 0) is 13.6 Å². The number of nitrogens with zero attached hydrogens (tertiary/aromatic N) is 1. The van der Waals surface area contributed by atoms with E-state index in [1.807, 2.05) is 0 Å². The second-order valence-corrected chi connectivity index (χ2v) is 3.46. The molecule has 3 nitrogen and oxygen atoms in total. The van der Waals surface area contributed by atoms with Gasteiger partial charge in [0.15, 0.2) is 5.43 Å². The van der Waals surface area contributed by atoms with Crippen molar-refractivity contribution in [2.24, 2.45) is 12.8 Å². The predicted octanol–water partition coefficient (Wildman–Crippen LogP) is 1.14. The minimum Gasteiger partial charge on any atom is -0.350 e. The highest BCUT2D eigenvalue weighted by Crippen LogP contribution is 2.12. The normalized spacial score (nSPS) is 10.9. The van der Waals surface area contributed by atoms with Gasteiger partial charge in [-0.15, -0.1) is 0 Å². The zero-order chi connectivity index (χ0) is 11.0. The number of hydrogen-bond donors (Lipinski definition) is 1. The fourth-order valence-electron chi connectivity index (χ4n) is 1.68. The third-order valence-electron chi connectivity index (χ3n) is 2.44. The summed E-state index contributed by atoms with van der Waals surface area (Å²) in [6, 6.07) is 4.17. The van der Waals surface area contributed by atoms with Gasteiger partial charge in [-0.2, -0.15) is 0 Å². The molecule has 0 amide bonds. The number of aromatic nitrogens is 1. The second-order valence-electron chi connectivity index (χ2n) is 3.46. The monoisotopic (exact) mass is 206 g/mol. The molecular formula is C11H11FN2O. The van der Waals surface area contributed by atoms with Gasteiger partial charge in [0, 0.05) is 30.7 Å². The molecule has 0 saturated carbocycles. The van der Waals surface area contributed by atoms with E-state index in [1.54, 1.807) is 23.9 Å². The first-order chi connectivity index (χ1) is 7.13. The van der Waals surface area contributed by atoms with E-state index in [2.05, 4.69) is 0 Å². The van der Waals surface area contributed by atoms with Gasteiger partial charge in [-0.3, -0.25) is 4.79 Å². The van der Waals surface area contributed by atoms with Crippen LogP contribution in [-0.4, -0.2) is 4.57 Å². The first-order valence-electron chi connectivity index (χ1n) is 4.61. The molecule has 0 spiro atoms. The average molecular weight is 206 g/mol. The Hall–Kier alpha value is -1.68. The zero-order valence-electron chi connectivity index (χ0n) is 8.33. The van der Waals surface area contributed by atoms with Crippen molar-refractivity contribution < 1.29 is 4.39 Å². The fraction of sp³-hybridized carbons (Fsp3) is 0.182. The lowest BCUT2D eigenvalue weighted by Gasteiger charge is -2.07. The summed E-state index contributed by atoms with van der Waals surface area (Å²) in [7, 11) is 1.80. The molecule has 0 radical (unpaired) electrons. The summed E-state index contributed by atoms with van der Waals surface area (Å²) in [5, 5.41) is 0.375. The summed E-state index contributed by atoms with van der Waals surface area (Å²) in [5.74, 6) is -0.409. The number of rotatable bonds is 1. The van der Waals surface area contributed by atoms with Gasteiger partial charge in [-0.25, -0.2) is 4.39 Å². The summed E-state index contributed by atoms with van der Waals surface area (Å²) in [6.45, 7) is 0.166. The Labute approximate surface area is 85.9 Å². The Morgan fingerprint density at radius 2 is 2.20 bits per heavy atom. The zero-order valence-corrected chi connectivity index (χ0v) is 8.33. The number of hydrogen-bond acceptors (Lipinski definition) is 2. The number of pyridine rings is 1. The Morgan fingerprint density at radius 3 is 2.87 bits per heavy atom. The molecule has 0 unspecified atom stereocenters. The van der Waals surface area contributed by atoms with Gasteiger partial charge in [0.05, 0.1) is 5.52 Å². The summed E-state index contributed by atoms with van der Waals surface area (Å²) >= 11 is 0. The molecule has 78 valence electrons. The molecular weight excluding hydrogens is 195 g/mol. The van der Waals surface area contributed by atoms with Gasteiger partial charge in [0.25, 0.3) is 0 Å². The van der Waals surface area contributed by atoms with Crippen LogP contribution in [0.25, 0.3) is 10.9 Å². The van der Waals surface area contributed by atoms with Gasteiger partial charge < -0.3 is 10.3 Å². The molecule has 15 heavy (non-hydrogen) atoms. The maximum absolute atomic E-state index is 13.0. The standard InChI is InChI=1S/C11H11FN2O/c1-14-6-7(5-13)11(15)9-4-8(12)2-3-10(9)14/h2-4,6H,5,13H2,1H3. The van der Waals surface area contributed by atoms with Gasteiger partial charge >= 0.3 is 0 Å². The third kappa shape index (κ3) is 1.53. The molecule has 0 bridgehead atoms. The minimum atomic E-state index is -0.409. The average Bonchev–Trinajstić information content (AvgIpc) is 2.23. The van der Waals surface area contributed by atoms with Gasteiger partial charge in [0.2, 0.25) is 0 Å². The smallest absolute Gasteiger partial charge is 0.193 e. The number of halogens is 1. The Bertz CT molecular complexity index is 575. The quantitative estimate of drug-likeness (QED) is 0.760. The lowest BCUT2D eigenvalue weighted by atomic mass is 10.1. The van der Waals surface area contributed by atoms with E-state index in [-0.39, 0.29) is 12.0 Å². The molecule has 2 N–H and O–H groups in total. The van der Waals surface area contributed by atoms with Crippen LogP contribution < -0.4 is 11.2 Å². The number of nitrogens with two attached hydrogens (primary N) is 1. The lowest BCUT2D eigenvalue weighted by molar-refractivity contribution is 0.629. The molecule has 0 aliphatic rings. The predicted molar refractivity (Wildman–Crippen MR) is 57.0 cm³/mol. The van der Waals surface area contributed by atoms with Crippen molar-refractivity contribution in [3.63, 3.8) is 0 Å². The molecule has 0 saturated heterocycles. The van der Waals surface area contributed by atoms with Crippen LogP contribution in [0.2, 0.25) is 0 Å². The summed E-state index contributed by atoms with van der Waals surface area (Å²) in [6.07, 6.45) is 1.68. The Morgan fingerprint density at radius 1 is 1.47 bits per heavy atom. The van der Waals surface area contributed by atoms with Crippen LogP contribution >= 0.6 is 0 Å². The second kappa shape index (κ2) is 3.47. The maximum Gasteiger partial charge on any atom is 0.193 e. The molecule has 4 heteroatoms. The van der Waals surface area contributed by atoms with Gasteiger partial charge in [-0.1, -0.05) is 0 Å². The van der Waals surface area contributed by atoms with E-state index in [1.165, 1.54) is 12.1 Å². The van der Waals surface area contributed by atoms with E-state index >= 15 is 0 Å². The van der Waals surface area contributed by atoms with E-state index in [0.717, 1.165) is 0 Å². The number of benzene rings is 1. The highest BCUT2D eigenvalue weighted by Gasteiger charge is 2.06. The van der Waals surface area contributed by atoms with Gasteiger partial charge in [0.1, 0.15) is 5.82 Å². The molecule has 0 aliphatic heterocycles. The molecule has 1 aromatic heterocycles. The first-order valence-corrected chi connectivity index (χ1v) is 4.61. The van der Waals surface area contributed by atoms with Crippen molar-refractivity contribution in [2.45, 2.75) is 6.54 Å². The van der Waals surface area contributed by atoms with Crippen LogP contribution in [0.1, 0.15) is 5.56 Å². The molecule has 1 heterocycles. The largest absolute Gasteiger partial charge is 0.350 e. The summed E-state index contributed by atoms with van der Waals surface area (Å²) < 4.78 is 14.8. The number of aryl methyl sites for hydroxylation is 1. The molecule has 2 rings (SSSR count). The molecule has 0 atom stereocenters. The lowest BCUT2D eigenvalue weighted by Crippen LogP contribution is -2.16. The van der Waals surface area contributed by atoms with E-state index in [4.69, 9.17) is 5.73 Å². The van der Waals surface area contributed by atoms with Crippen LogP contribution in [0.3, 0.4) is 0 Å². The van der Waals surface area contributed by atoms with E-state index in [9.17, 15) is 9.18 Å². The topological polar surface area (TPSA) is 48.0 Å².